The van der Waals surface area contributed by atoms with Crippen LogP contribution in [0, 0.1) is 0 Å². The standard InChI is InChI=1S/C32H39N3O5SSi/c1-6-13-26(27-18-23(36)19-28(37)40-27)34-30(38)32(5)21-41-29(35-32)22(2)33-20-31(3,4)42(39,24-14-9-7-10-15-24)25-16-11-8-12-17-25/h7-12,14-19,26,36,39H,6,13,20-21H2,1-5H3,(H,34,38)/t26-,32+/m1/s1. The van der Waals surface area contributed by atoms with Gasteiger partial charge >= 0.3 is 5.63 Å². The van der Waals surface area contributed by atoms with Gasteiger partial charge in [0.1, 0.15) is 22.1 Å². The Kier molecular flexibility index (Phi) is 9.59. The molecule has 8 nitrogen and oxygen atoms in total. The molecule has 0 saturated carbocycles. The van der Waals surface area contributed by atoms with E-state index in [9.17, 15) is 19.5 Å². The van der Waals surface area contributed by atoms with E-state index in [1.165, 1.54) is 17.8 Å². The van der Waals surface area contributed by atoms with Crippen molar-refractivity contribution in [2.75, 3.05) is 12.3 Å². The maximum absolute atomic E-state index is 13.4. The molecule has 3 aromatic rings. The Morgan fingerprint density at radius 1 is 1.14 bits per heavy atom. The quantitative estimate of drug-likeness (QED) is 0.222. The van der Waals surface area contributed by atoms with Gasteiger partial charge in [-0.3, -0.25) is 14.8 Å². The van der Waals surface area contributed by atoms with Crippen molar-refractivity contribution < 1.29 is 19.1 Å². The van der Waals surface area contributed by atoms with Gasteiger partial charge in [0.25, 0.3) is 8.32 Å². The summed E-state index contributed by atoms with van der Waals surface area (Å²) < 4.78 is 5.28. The van der Waals surface area contributed by atoms with Crippen molar-refractivity contribution >= 4 is 47.1 Å². The number of aliphatic imine (C=N–C) groups is 2. The predicted octanol–water partition coefficient (Wildman–Crippen LogP) is 4.20. The van der Waals surface area contributed by atoms with Crippen molar-refractivity contribution in [3.8, 4) is 5.75 Å². The molecule has 222 valence electrons. The Bertz CT molecular complexity index is 1480. The maximum atomic E-state index is 13.4. The van der Waals surface area contributed by atoms with E-state index in [-0.39, 0.29) is 17.4 Å². The molecule has 0 radical (unpaired) electrons. The molecule has 2 aromatic carbocycles. The fourth-order valence-corrected chi connectivity index (χ4v) is 9.85. The molecule has 1 aromatic heterocycles. The molecule has 0 aliphatic carbocycles. The zero-order chi connectivity index (χ0) is 30.5. The second-order valence-electron chi connectivity index (χ2n) is 11.6. The van der Waals surface area contributed by atoms with E-state index in [1.807, 2.05) is 74.5 Å². The van der Waals surface area contributed by atoms with Crippen LogP contribution in [-0.2, 0) is 4.79 Å². The molecule has 2 heterocycles. The van der Waals surface area contributed by atoms with Gasteiger partial charge in [-0.1, -0.05) is 87.9 Å². The third-order valence-corrected chi connectivity index (χ3v) is 13.5. The molecular formula is C32H39N3O5SSi. The summed E-state index contributed by atoms with van der Waals surface area (Å²) in [6, 6.07) is 21.5. The lowest BCUT2D eigenvalue weighted by atomic mass is 10.0. The van der Waals surface area contributed by atoms with Crippen LogP contribution in [0.25, 0.3) is 0 Å². The molecule has 42 heavy (non-hydrogen) atoms. The highest BCUT2D eigenvalue weighted by molar-refractivity contribution is 8.16. The molecule has 0 fully saturated rings. The van der Waals surface area contributed by atoms with Gasteiger partial charge in [-0.2, -0.15) is 0 Å². The second kappa shape index (κ2) is 12.8. The molecule has 3 N–H and O–H groups in total. The summed E-state index contributed by atoms with van der Waals surface area (Å²) in [6.45, 7) is 10.1. The van der Waals surface area contributed by atoms with Gasteiger partial charge in [0.15, 0.2) is 0 Å². The third kappa shape index (κ3) is 6.61. The van der Waals surface area contributed by atoms with Crippen molar-refractivity contribution in [2.45, 2.75) is 64.1 Å². The first-order valence-electron chi connectivity index (χ1n) is 14.1. The van der Waals surface area contributed by atoms with Crippen LogP contribution in [0.3, 0.4) is 0 Å². The van der Waals surface area contributed by atoms with Crippen molar-refractivity contribution in [1.29, 1.82) is 0 Å². The van der Waals surface area contributed by atoms with E-state index in [2.05, 4.69) is 19.2 Å². The Balaban J connectivity index is 1.55. The lowest BCUT2D eigenvalue weighted by Crippen LogP contribution is -2.66. The lowest BCUT2D eigenvalue weighted by Gasteiger charge is -2.40. The van der Waals surface area contributed by atoms with Gasteiger partial charge in [-0.15, -0.1) is 11.8 Å². The SMILES string of the molecule is CCC[C@@H](NC(=O)[C@]1(C)CSC(C(C)=NCC(C)(C)[Si](O)(c2ccccc2)c2ccccc2)=N1)c1cc(O)cc(=O)o1. The second-order valence-corrected chi connectivity index (χ2v) is 16.5. The first-order valence-corrected chi connectivity index (χ1v) is 17.1. The highest BCUT2D eigenvalue weighted by atomic mass is 32.2. The zero-order valence-electron chi connectivity index (χ0n) is 24.8. The molecule has 0 saturated heterocycles. The fraction of sp³-hybridized carbons (Fsp3) is 0.375. The van der Waals surface area contributed by atoms with Gasteiger partial charge in [0.2, 0.25) is 5.91 Å². The minimum absolute atomic E-state index is 0.205. The average molecular weight is 606 g/mol. The van der Waals surface area contributed by atoms with E-state index >= 15 is 0 Å². The summed E-state index contributed by atoms with van der Waals surface area (Å²) in [4.78, 5) is 47.4. The predicted molar refractivity (Wildman–Crippen MR) is 173 cm³/mol. The van der Waals surface area contributed by atoms with Crippen LogP contribution in [0.5, 0.6) is 5.75 Å². The number of carbonyl (C=O) groups excluding carboxylic acids is 1. The van der Waals surface area contributed by atoms with Crippen molar-refractivity contribution in [2.24, 2.45) is 9.98 Å². The maximum Gasteiger partial charge on any atom is 0.339 e. The number of aromatic hydroxyl groups is 1. The minimum Gasteiger partial charge on any atom is -0.508 e. The Morgan fingerprint density at radius 3 is 2.29 bits per heavy atom. The van der Waals surface area contributed by atoms with Gasteiger partial charge in [-0.05, 0) is 30.6 Å². The van der Waals surface area contributed by atoms with Gasteiger partial charge in [-0.25, -0.2) is 4.79 Å². The number of benzene rings is 2. The molecular weight excluding hydrogens is 567 g/mol. The monoisotopic (exact) mass is 605 g/mol. The number of thioether (sulfide) groups is 1. The van der Waals surface area contributed by atoms with E-state index in [0.717, 1.165) is 22.9 Å². The molecule has 0 bridgehead atoms. The first kappa shape index (κ1) is 31.5. The van der Waals surface area contributed by atoms with Crippen LogP contribution in [0.1, 0.15) is 59.3 Å². The molecule has 2 atom stereocenters. The number of amides is 1. The van der Waals surface area contributed by atoms with E-state index in [4.69, 9.17) is 14.4 Å². The zero-order valence-corrected chi connectivity index (χ0v) is 26.6. The normalized spacial score (nSPS) is 18.4. The van der Waals surface area contributed by atoms with Crippen molar-refractivity contribution in [1.82, 2.24) is 5.32 Å². The molecule has 4 rings (SSSR count). The highest BCUT2D eigenvalue weighted by Crippen LogP contribution is 2.36. The Hall–Kier alpha value is -3.47. The number of nitrogens with zero attached hydrogens (tertiary/aromatic N) is 2. The largest absolute Gasteiger partial charge is 0.508 e. The number of hydrogen-bond acceptors (Lipinski definition) is 8. The van der Waals surface area contributed by atoms with Gasteiger partial charge < -0.3 is 19.6 Å². The fourth-order valence-electron chi connectivity index (χ4n) is 5.15. The van der Waals surface area contributed by atoms with Crippen LogP contribution in [0.4, 0.5) is 0 Å². The summed E-state index contributed by atoms with van der Waals surface area (Å²) in [5, 5.41) is 14.8. The highest BCUT2D eigenvalue weighted by Gasteiger charge is 2.50. The minimum atomic E-state index is -3.22. The molecule has 10 heteroatoms. The van der Waals surface area contributed by atoms with Crippen LogP contribution < -0.4 is 21.3 Å². The van der Waals surface area contributed by atoms with Gasteiger partial charge in [0, 0.05) is 23.4 Å². The Morgan fingerprint density at radius 2 is 1.74 bits per heavy atom. The topological polar surface area (TPSA) is 124 Å². The summed E-state index contributed by atoms with van der Waals surface area (Å²) in [5.41, 5.74) is -1.00. The van der Waals surface area contributed by atoms with Crippen LogP contribution in [-0.4, -0.2) is 52.7 Å². The lowest BCUT2D eigenvalue weighted by molar-refractivity contribution is -0.125. The molecule has 1 amide bonds. The smallest absolute Gasteiger partial charge is 0.339 e. The van der Waals surface area contributed by atoms with E-state index in [1.54, 1.807) is 6.92 Å². The summed E-state index contributed by atoms with van der Waals surface area (Å²) in [7, 11) is -3.22. The molecule has 1 aliphatic heterocycles. The number of rotatable bonds is 11. The first-order chi connectivity index (χ1) is 19.9. The molecule has 0 unspecified atom stereocenters. The summed E-state index contributed by atoms with van der Waals surface area (Å²) in [6.07, 6.45) is 1.26. The summed E-state index contributed by atoms with van der Waals surface area (Å²) >= 11 is 1.47. The van der Waals surface area contributed by atoms with E-state index < -0.39 is 30.6 Å². The number of carbonyl (C=O) groups is 1. The third-order valence-electron chi connectivity index (χ3n) is 7.71. The van der Waals surface area contributed by atoms with Gasteiger partial charge in [0.05, 0.1) is 17.8 Å². The average Bonchev–Trinajstić information content (AvgIpc) is 3.39. The van der Waals surface area contributed by atoms with E-state index in [0.29, 0.717) is 29.5 Å². The Labute approximate surface area is 252 Å². The number of hydrogen-bond donors (Lipinski definition) is 3. The van der Waals surface area contributed by atoms with Crippen LogP contribution >= 0.6 is 11.8 Å². The van der Waals surface area contributed by atoms with Crippen molar-refractivity contribution in [3.63, 3.8) is 0 Å². The molecule has 1 aliphatic rings. The number of nitrogens with one attached hydrogen (secondary N) is 1. The van der Waals surface area contributed by atoms with Crippen LogP contribution in [0.2, 0.25) is 5.04 Å². The summed E-state index contributed by atoms with van der Waals surface area (Å²) in [5.74, 6) is 0.142. The van der Waals surface area contributed by atoms with Crippen LogP contribution in [0.15, 0.2) is 92.0 Å². The molecule has 0 spiro atoms. The van der Waals surface area contributed by atoms with Crippen molar-refractivity contribution in [3.05, 3.63) is 89.0 Å².